The Kier molecular flexibility index (Phi) is 4.76. The molecule has 0 aliphatic carbocycles. The summed E-state index contributed by atoms with van der Waals surface area (Å²) < 4.78 is 0.670. The molecule has 0 heterocycles. The summed E-state index contributed by atoms with van der Waals surface area (Å²) in [6, 6.07) is 15.1. The number of benzene rings is 2. The van der Waals surface area contributed by atoms with Gasteiger partial charge in [-0.15, -0.1) is 0 Å². The zero-order valence-electron chi connectivity index (χ0n) is 10.8. The number of carbonyl (C=O) groups excluding carboxylic acids is 1. The van der Waals surface area contributed by atoms with Gasteiger partial charge in [-0.1, -0.05) is 36.4 Å². The Hall–Kier alpha value is -1.85. The Morgan fingerprint density at radius 3 is 2.50 bits per heavy atom. The first-order valence-electron chi connectivity index (χ1n) is 6.22. The van der Waals surface area contributed by atoms with E-state index in [1.165, 1.54) is 0 Å². The topological polar surface area (TPSA) is 81.1 Å². The molecule has 1 atom stereocenters. The average molecular weight is 334 g/mol. The number of hydrogen-bond donors (Lipinski definition) is 3. The molecule has 2 rings (SSSR count). The van der Waals surface area contributed by atoms with Gasteiger partial charge in [-0.25, -0.2) is 0 Å². The summed E-state index contributed by atoms with van der Waals surface area (Å²) in [5.74, 6) is -0.478. The fourth-order valence-electron chi connectivity index (χ4n) is 1.96. The van der Waals surface area contributed by atoms with Gasteiger partial charge in [0.05, 0.1) is 5.56 Å². The molecule has 5 heteroatoms. The third-order valence-electron chi connectivity index (χ3n) is 3.00. The maximum absolute atomic E-state index is 11.5. The van der Waals surface area contributed by atoms with Gasteiger partial charge >= 0.3 is 0 Å². The van der Waals surface area contributed by atoms with E-state index in [-0.39, 0.29) is 6.04 Å². The molecule has 104 valence electrons. The van der Waals surface area contributed by atoms with Crippen molar-refractivity contribution < 1.29 is 4.79 Å². The molecule has 2 aromatic carbocycles. The van der Waals surface area contributed by atoms with Crippen molar-refractivity contribution in [2.75, 3.05) is 11.9 Å². The number of amides is 1. The van der Waals surface area contributed by atoms with Crippen molar-refractivity contribution in [2.45, 2.75) is 6.04 Å². The highest BCUT2D eigenvalue weighted by Gasteiger charge is 2.13. The number of primary amides is 1. The van der Waals surface area contributed by atoms with Crippen LogP contribution in [0.2, 0.25) is 0 Å². The van der Waals surface area contributed by atoms with Gasteiger partial charge < -0.3 is 16.8 Å². The molecule has 5 N–H and O–H groups in total. The molecule has 0 spiro atoms. The largest absolute Gasteiger partial charge is 0.382 e. The summed E-state index contributed by atoms with van der Waals surface area (Å²) in [7, 11) is 0. The summed E-state index contributed by atoms with van der Waals surface area (Å²) >= 11 is 3.33. The van der Waals surface area contributed by atoms with Crippen LogP contribution in [0, 0.1) is 0 Å². The first-order valence-corrected chi connectivity index (χ1v) is 7.01. The minimum absolute atomic E-state index is 0.157. The van der Waals surface area contributed by atoms with Crippen molar-refractivity contribution in [3.8, 4) is 0 Å². The fourth-order valence-corrected chi connectivity index (χ4v) is 2.52. The second-order valence-electron chi connectivity index (χ2n) is 4.42. The number of nitrogens with two attached hydrogens (primary N) is 2. The van der Waals surface area contributed by atoms with Crippen molar-refractivity contribution in [1.82, 2.24) is 0 Å². The van der Waals surface area contributed by atoms with E-state index in [9.17, 15) is 4.79 Å². The van der Waals surface area contributed by atoms with E-state index in [2.05, 4.69) is 21.2 Å². The molecular formula is C15H16BrN3O. The van der Waals surface area contributed by atoms with Crippen LogP contribution >= 0.6 is 15.9 Å². The highest BCUT2D eigenvalue weighted by atomic mass is 79.9. The molecule has 0 bridgehead atoms. The Morgan fingerprint density at radius 2 is 1.85 bits per heavy atom. The number of halogens is 1. The molecule has 0 aromatic heterocycles. The second-order valence-corrected chi connectivity index (χ2v) is 5.28. The van der Waals surface area contributed by atoms with Crippen LogP contribution < -0.4 is 16.8 Å². The van der Waals surface area contributed by atoms with E-state index in [1.54, 1.807) is 6.07 Å². The average Bonchev–Trinajstić information content (AvgIpc) is 2.45. The van der Waals surface area contributed by atoms with Crippen molar-refractivity contribution in [3.63, 3.8) is 0 Å². The molecule has 20 heavy (non-hydrogen) atoms. The Balaban J connectivity index is 2.12. The van der Waals surface area contributed by atoms with E-state index in [0.717, 1.165) is 5.56 Å². The third-order valence-corrected chi connectivity index (χ3v) is 3.66. The number of carbonyl (C=O) groups is 1. The molecule has 4 nitrogen and oxygen atoms in total. The van der Waals surface area contributed by atoms with Gasteiger partial charge in [-0.3, -0.25) is 4.79 Å². The normalized spacial score (nSPS) is 11.9. The van der Waals surface area contributed by atoms with Crippen LogP contribution in [-0.4, -0.2) is 12.5 Å². The number of rotatable bonds is 5. The van der Waals surface area contributed by atoms with E-state index in [4.69, 9.17) is 11.5 Å². The van der Waals surface area contributed by atoms with E-state index >= 15 is 0 Å². The predicted molar refractivity (Wildman–Crippen MR) is 84.5 cm³/mol. The van der Waals surface area contributed by atoms with Crippen LogP contribution in [0.25, 0.3) is 0 Å². The summed E-state index contributed by atoms with van der Waals surface area (Å²) in [5.41, 5.74) is 13.7. The molecule has 0 saturated carbocycles. The van der Waals surface area contributed by atoms with Crippen LogP contribution in [0.1, 0.15) is 22.0 Å². The monoisotopic (exact) mass is 333 g/mol. The summed E-state index contributed by atoms with van der Waals surface area (Å²) in [6.45, 7) is 0.515. The second kappa shape index (κ2) is 6.54. The minimum atomic E-state index is -0.478. The van der Waals surface area contributed by atoms with Gasteiger partial charge in [0.2, 0.25) is 0 Å². The number of hydrogen-bond acceptors (Lipinski definition) is 3. The highest BCUT2D eigenvalue weighted by molar-refractivity contribution is 9.10. The first-order chi connectivity index (χ1) is 9.59. The Morgan fingerprint density at radius 1 is 1.15 bits per heavy atom. The van der Waals surface area contributed by atoms with Crippen molar-refractivity contribution in [3.05, 3.63) is 64.1 Å². The molecule has 0 aliphatic rings. The van der Waals surface area contributed by atoms with Gasteiger partial charge in [0.25, 0.3) is 5.91 Å². The van der Waals surface area contributed by atoms with Crippen LogP contribution in [-0.2, 0) is 0 Å². The maximum Gasteiger partial charge on any atom is 0.251 e. The summed E-state index contributed by atoms with van der Waals surface area (Å²) in [5, 5.41) is 3.18. The maximum atomic E-state index is 11.5. The van der Waals surface area contributed by atoms with Gasteiger partial charge in [-0.2, -0.15) is 0 Å². The summed E-state index contributed by atoms with van der Waals surface area (Å²) in [6.07, 6.45) is 0. The van der Waals surface area contributed by atoms with E-state index in [1.807, 2.05) is 42.5 Å². The van der Waals surface area contributed by atoms with Crippen molar-refractivity contribution >= 4 is 27.5 Å². The van der Waals surface area contributed by atoms with Crippen LogP contribution in [0.3, 0.4) is 0 Å². The Bertz CT molecular complexity index is 601. The van der Waals surface area contributed by atoms with Gasteiger partial charge in [0, 0.05) is 22.7 Å². The lowest BCUT2D eigenvalue weighted by molar-refractivity contribution is 0.100. The summed E-state index contributed by atoms with van der Waals surface area (Å²) in [4.78, 5) is 11.5. The lowest BCUT2D eigenvalue weighted by Crippen LogP contribution is -2.22. The molecule has 1 unspecified atom stereocenters. The zero-order chi connectivity index (χ0) is 14.5. The van der Waals surface area contributed by atoms with Crippen LogP contribution in [0.4, 0.5) is 5.69 Å². The standard InChI is InChI=1S/C15H16BrN3O/c16-11-7-4-8-13(14(11)15(18)20)19-9-12(17)10-5-2-1-3-6-10/h1-8,12,19H,9,17H2,(H2,18,20). The van der Waals surface area contributed by atoms with Gasteiger partial charge in [0.15, 0.2) is 0 Å². The molecule has 2 aromatic rings. The SMILES string of the molecule is NC(=O)c1c(Br)cccc1NCC(N)c1ccccc1. The van der Waals surface area contributed by atoms with Crippen molar-refractivity contribution in [1.29, 1.82) is 0 Å². The molecular weight excluding hydrogens is 318 g/mol. The quantitative estimate of drug-likeness (QED) is 0.786. The first kappa shape index (κ1) is 14.6. The Labute approximate surface area is 126 Å². The molecule has 0 fully saturated rings. The molecule has 0 aliphatic heterocycles. The molecule has 0 saturated heterocycles. The predicted octanol–water partition coefficient (Wildman–Crippen LogP) is 2.66. The zero-order valence-corrected chi connectivity index (χ0v) is 12.4. The van der Waals surface area contributed by atoms with Crippen LogP contribution in [0.5, 0.6) is 0 Å². The minimum Gasteiger partial charge on any atom is -0.382 e. The lowest BCUT2D eigenvalue weighted by Gasteiger charge is -2.16. The lowest BCUT2D eigenvalue weighted by atomic mass is 10.1. The van der Waals surface area contributed by atoms with Crippen LogP contribution in [0.15, 0.2) is 53.0 Å². The van der Waals surface area contributed by atoms with E-state index in [0.29, 0.717) is 22.3 Å². The fraction of sp³-hybridized carbons (Fsp3) is 0.133. The third kappa shape index (κ3) is 3.37. The van der Waals surface area contributed by atoms with E-state index < -0.39 is 5.91 Å². The van der Waals surface area contributed by atoms with Gasteiger partial charge in [-0.05, 0) is 33.6 Å². The molecule has 0 radical (unpaired) electrons. The number of anilines is 1. The number of nitrogens with one attached hydrogen (secondary N) is 1. The highest BCUT2D eigenvalue weighted by Crippen LogP contribution is 2.24. The smallest absolute Gasteiger partial charge is 0.251 e. The van der Waals surface area contributed by atoms with Crippen molar-refractivity contribution in [2.24, 2.45) is 11.5 Å². The van der Waals surface area contributed by atoms with Gasteiger partial charge in [0.1, 0.15) is 0 Å². The molecule has 1 amide bonds.